The van der Waals surface area contributed by atoms with E-state index in [1.54, 1.807) is 43.4 Å². The molecule has 0 saturated heterocycles. The highest BCUT2D eigenvalue weighted by Gasteiger charge is 2.18. The molecule has 2 N–H and O–H groups in total. The molecule has 136 valence electrons. The molecule has 0 unspecified atom stereocenters. The normalized spacial score (nSPS) is 14.1. The molecule has 0 atom stereocenters. The fourth-order valence-corrected chi connectivity index (χ4v) is 3.24. The quantitative estimate of drug-likeness (QED) is 0.860. The number of hydrogen-bond acceptors (Lipinski definition) is 3. The minimum atomic E-state index is -0.119. The van der Waals surface area contributed by atoms with Crippen LogP contribution in [-0.4, -0.2) is 24.9 Å². The second kappa shape index (κ2) is 8.04. The smallest absolute Gasteiger partial charge is 0.251 e. The number of nitrogens with one attached hydrogen (secondary N) is 2. The van der Waals surface area contributed by atoms with Gasteiger partial charge in [-0.3, -0.25) is 9.59 Å². The molecule has 3 rings (SSSR count). The molecule has 5 heteroatoms. The lowest BCUT2D eigenvalue weighted by Gasteiger charge is -2.12. The van der Waals surface area contributed by atoms with E-state index in [1.807, 2.05) is 13.0 Å². The fraction of sp³-hybridized carbons (Fsp3) is 0.333. The first-order chi connectivity index (χ1) is 12.6. The molecule has 0 radical (unpaired) electrons. The van der Waals surface area contributed by atoms with Gasteiger partial charge in [0.15, 0.2) is 0 Å². The van der Waals surface area contributed by atoms with E-state index in [4.69, 9.17) is 4.74 Å². The Bertz CT molecular complexity index is 793. The molecule has 0 bridgehead atoms. The molecule has 2 aromatic carbocycles. The van der Waals surface area contributed by atoms with Crippen LogP contribution in [0.3, 0.4) is 0 Å². The van der Waals surface area contributed by atoms with E-state index in [2.05, 4.69) is 10.6 Å². The fourth-order valence-electron chi connectivity index (χ4n) is 3.24. The summed E-state index contributed by atoms with van der Waals surface area (Å²) >= 11 is 0. The maximum Gasteiger partial charge on any atom is 0.251 e. The second-order valence-corrected chi connectivity index (χ2v) is 6.64. The van der Waals surface area contributed by atoms with Gasteiger partial charge in [0.1, 0.15) is 11.5 Å². The summed E-state index contributed by atoms with van der Waals surface area (Å²) in [6.07, 6.45) is 4.52. The molecule has 0 spiro atoms. The molecular weight excluding hydrogens is 328 g/mol. The van der Waals surface area contributed by atoms with Crippen LogP contribution < -0.4 is 15.4 Å². The molecule has 2 aromatic rings. The topological polar surface area (TPSA) is 67.4 Å². The Labute approximate surface area is 153 Å². The van der Waals surface area contributed by atoms with E-state index in [9.17, 15) is 9.59 Å². The van der Waals surface area contributed by atoms with Gasteiger partial charge < -0.3 is 15.4 Å². The first kappa shape index (κ1) is 18.0. The van der Waals surface area contributed by atoms with Crippen LogP contribution in [0.1, 0.15) is 52.0 Å². The summed E-state index contributed by atoms with van der Waals surface area (Å²) in [6.45, 7) is 1.87. The van der Waals surface area contributed by atoms with Crippen molar-refractivity contribution < 1.29 is 14.3 Å². The number of benzene rings is 2. The van der Waals surface area contributed by atoms with Gasteiger partial charge in [-0.05, 0) is 67.8 Å². The van der Waals surface area contributed by atoms with E-state index in [0.717, 1.165) is 18.4 Å². The summed E-state index contributed by atoms with van der Waals surface area (Å²) in [6, 6.07) is 12.7. The van der Waals surface area contributed by atoms with Crippen molar-refractivity contribution in [2.24, 2.45) is 0 Å². The molecule has 1 aliphatic carbocycles. The molecule has 1 aliphatic rings. The Balaban J connectivity index is 1.64. The molecule has 26 heavy (non-hydrogen) atoms. The van der Waals surface area contributed by atoms with Crippen LogP contribution in [0.4, 0.5) is 0 Å². The number of ether oxygens (including phenoxy) is 1. The highest BCUT2D eigenvalue weighted by molar-refractivity contribution is 5.95. The Morgan fingerprint density at radius 3 is 2.23 bits per heavy atom. The van der Waals surface area contributed by atoms with Crippen molar-refractivity contribution in [2.45, 2.75) is 38.6 Å². The predicted octanol–water partition coefficient (Wildman–Crippen LogP) is 3.82. The Kier molecular flexibility index (Phi) is 5.56. The van der Waals surface area contributed by atoms with Crippen LogP contribution >= 0.6 is 0 Å². The van der Waals surface area contributed by atoms with Gasteiger partial charge in [-0.15, -0.1) is 0 Å². The highest BCUT2D eigenvalue weighted by Crippen LogP contribution is 2.24. The summed E-state index contributed by atoms with van der Waals surface area (Å²) in [4.78, 5) is 24.0. The first-order valence-corrected chi connectivity index (χ1v) is 8.98. The van der Waals surface area contributed by atoms with Gasteiger partial charge in [0.05, 0.1) is 0 Å². The van der Waals surface area contributed by atoms with Crippen molar-refractivity contribution in [1.29, 1.82) is 0 Å². The van der Waals surface area contributed by atoms with Gasteiger partial charge in [-0.25, -0.2) is 0 Å². The van der Waals surface area contributed by atoms with Crippen LogP contribution in [0.25, 0.3) is 0 Å². The lowest BCUT2D eigenvalue weighted by Crippen LogP contribution is -2.32. The highest BCUT2D eigenvalue weighted by atomic mass is 16.5. The third-order valence-corrected chi connectivity index (χ3v) is 4.71. The first-order valence-electron chi connectivity index (χ1n) is 8.98. The number of hydrogen-bond donors (Lipinski definition) is 2. The number of carbonyl (C=O) groups is 2. The number of amides is 2. The van der Waals surface area contributed by atoms with E-state index < -0.39 is 0 Å². The zero-order valence-electron chi connectivity index (χ0n) is 15.2. The van der Waals surface area contributed by atoms with E-state index in [0.29, 0.717) is 28.7 Å². The van der Waals surface area contributed by atoms with Gasteiger partial charge in [0.2, 0.25) is 0 Å². The van der Waals surface area contributed by atoms with Crippen LogP contribution in [0.5, 0.6) is 11.5 Å². The minimum Gasteiger partial charge on any atom is -0.457 e. The molecule has 5 nitrogen and oxygen atoms in total. The van der Waals surface area contributed by atoms with Crippen LogP contribution in [0, 0.1) is 6.92 Å². The monoisotopic (exact) mass is 352 g/mol. The van der Waals surface area contributed by atoms with E-state index in [1.165, 1.54) is 12.8 Å². The molecule has 1 fully saturated rings. The summed E-state index contributed by atoms with van der Waals surface area (Å²) in [7, 11) is 1.61. The van der Waals surface area contributed by atoms with Crippen molar-refractivity contribution in [1.82, 2.24) is 10.6 Å². The largest absolute Gasteiger partial charge is 0.457 e. The Morgan fingerprint density at radius 1 is 0.962 bits per heavy atom. The maximum absolute atomic E-state index is 12.3. The predicted molar refractivity (Wildman–Crippen MR) is 101 cm³/mol. The van der Waals surface area contributed by atoms with Gasteiger partial charge >= 0.3 is 0 Å². The van der Waals surface area contributed by atoms with Crippen molar-refractivity contribution in [3.05, 3.63) is 59.2 Å². The summed E-state index contributed by atoms with van der Waals surface area (Å²) in [5.41, 5.74) is 2.10. The third-order valence-electron chi connectivity index (χ3n) is 4.71. The standard InChI is InChI=1S/C21H24N2O3/c1-14-13-18(11-12-19(14)21(25)22-2)26-17-9-7-15(8-10-17)20(24)23-16-5-3-4-6-16/h7-13,16H,3-6H2,1-2H3,(H,22,25)(H,23,24). The zero-order chi connectivity index (χ0) is 18.5. The van der Waals surface area contributed by atoms with Crippen molar-refractivity contribution >= 4 is 11.8 Å². The second-order valence-electron chi connectivity index (χ2n) is 6.64. The van der Waals surface area contributed by atoms with Gasteiger partial charge in [-0.2, -0.15) is 0 Å². The Morgan fingerprint density at radius 2 is 1.62 bits per heavy atom. The van der Waals surface area contributed by atoms with Crippen molar-refractivity contribution in [3.8, 4) is 11.5 Å². The molecule has 0 aromatic heterocycles. The molecular formula is C21H24N2O3. The van der Waals surface area contributed by atoms with Gasteiger partial charge in [0, 0.05) is 24.2 Å². The molecule has 1 saturated carbocycles. The SMILES string of the molecule is CNC(=O)c1ccc(Oc2ccc(C(=O)NC3CCCC3)cc2)cc1C. The zero-order valence-corrected chi connectivity index (χ0v) is 15.2. The maximum atomic E-state index is 12.3. The van der Waals surface area contributed by atoms with E-state index >= 15 is 0 Å². The Hall–Kier alpha value is -2.82. The lowest BCUT2D eigenvalue weighted by molar-refractivity contribution is 0.0935. The minimum absolute atomic E-state index is 0.0331. The molecule has 0 heterocycles. The third kappa shape index (κ3) is 4.23. The van der Waals surface area contributed by atoms with Crippen molar-refractivity contribution in [3.63, 3.8) is 0 Å². The van der Waals surface area contributed by atoms with Gasteiger partial charge in [-0.1, -0.05) is 12.8 Å². The summed E-state index contributed by atoms with van der Waals surface area (Å²) in [5, 5.41) is 5.69. The van der Waals surface area contributed by atoms with Gasteiger partial charge in [0.25, 0.3) is 11.8 Å². The van der Waals surface area contributed by atoms with Crippen LogP contribution in [-0.2, 0) is 0 Å². The molecule has 2 amide bonds. The lowest BCUT2D eigenvalue weighted by atomic mass is 10.1. The van der Waals surface area contributed by atoms with E-state index in [-0.39, 0.29) is 11.8 Å². The van der Waals surface area contributed by atoms with Crippen LogP contribution in [0.2, 0.25) is 0 Å². The number of rotatable bonds is 5. The summed E-state index contributed by atoms with van der Waals surface area (Å²) in [5.74, 6) is 1.15. The number of carbonyl (C=O) groups excluding carboxylic acids is 2. The summed E-state index contributed by atoms with van der Waals surface area (Å²) < 4.78 is 5.83. The number of aryl methyl sites for hydroxylation is 1. The van der Waals surface area contributed by atoms with Crippen LogP contribution in [0.15, 0.2) is 42.5 Å². The average molecular weight is 352 g/mol. The average Bonchev–Trinajstić information content (AvgIpc) is 3.15. The molecule has 0 aliphatic heterocycles. The van der Waals surface area contributed by atoms with Crippen molar-refractivity contribution in [2.75, 3.05) is 7.05 Å².